The zero-order valence-corrected chi connectivity index (χ0v) is 16.1. The molecule has 5 nitrogen and oxygen atoms in total. The fourth-order valence-corrected chi connectivity index (χ4v) is 5.56. The van der Waals surface area contributed by atoms with Gasteiger partial charge < -0.3 is 5.32 Å². The second-order valence-electron chi connectivity index (χ2n) is 7.09. The number of halogens is 1. The number of piperidine rings is 1. The zero-order chi connectivity index (χ0) is 18.1. The Balaban J connectivity index is 1.62. The lowest BCUT2D eigenvalue weighted by molar-refractivity contribution is -0.121. The normalized spacial score (nSPS) is 23.2. The van der Waals surface area contributed by atoms with E-state index in [4.69, 9.17) is 11.6 Å². The van der Waals surface area contributed by atoms with Gasteiger partial charge in [0.15, 0.2) is 14.6 Å². The molecular formula is C18H25ClN2O3S. The largest absolute Gasteiger partial charge is 0.353 e. The molecule has 0 bridgehead atoms. The number of benzene rings is 1. The van der Waals surface area contributed by atoms with Crippen molar-refractivity contribution in [3.63, 3.8) is 0 Å². The molecule has 1 N–H and O–H groups in total. The van der Waals surface area contributed by atoms with E-state index in [1.165, 1.54) is 31.4 Å². The topological polar surface area (TPSA) is 66.5 Å². The summed E-state index contributed by atoms with van der Waals surface area (Å²) in [5, 5.41) is 3.33. The molecule has 1 aliphatic carbocycles. The van der Waals surface area contributed by atoms with Crippen molar-refractivity contribution in [3.8, 4) is 0 Å². The summed E-state index contributed by atoms with van der Waals surface area (Å²) in [6.07, 6.45) is 4.39. The minimum absolute atomic E-state index is 0.161. The Morgan fingerprint density at radius 1 is 1.28 bits per heavy atom. The lowest BCUT2D eigenvalue weighted by Crippen LogP contribution is -2.46. The van der Waals surface area contributed by atoms with Gasteiger partial charge in [-0.3, -0.25) is 9.69 Å². The maximum absolute atomic E-state index is 12.9. The van der Waals surface area contributed by atoms with Gasteiger partial charge in [-0.2, -0.15) is 0 Å². The molecule has 0 radical (unpaired) electrons. The summed E-state index contributed by atoms with van der Waals surface area (Å²) in [4.78, 5) is 15.1. The van der Waals surface area contributed by atoms with Crippen molar-refractivity contribution < 1.29 is 13.2 Å². The van der Waals surface area contributed by atoms with Gasteiger partial charge >= 0.3 is 0 Å². The van der Waals surface area contributed by atoms with Crippen LogP contribution in [0.5, 0.6) is 0 Å². The van der Waals surface area contributed by atoms with Gasteiger partial charge in [-0.15, -0.1) is 0 Å². The Labute approximate surface area is 154 Å². The number of amides is 1. The predicted octanol–water partition coefficient (Wildman–Crippen LogP) is 2.64. The Hall–Kier alpha value is -1.11. The quantitative estimate of drug-likeness (QED) is 0.818. The summed E-state index contributed by atoms with van der Waals surface area (Å²) in [5.74, 6) is -0.368. The molecule has 0 spiro atoms. The standard InChI is InChI=1S/C18H25ClN2O3S/c1-14-4-2-3-12-21(14)13-11-20-17(22)18(9-10-18)25(23,24)16-7-5-15(19)6-8-16/h5-8,14H,2-4,9-13H2,1H3,(H,20,22)/t14-/m0/s1. The lowest BCUT2D eigenvalue weighted by Gasteiger charge is -2.33. The Kier molecular flexibility index (Phi) is 5.42. The number of carbonyl (C=O) groups excluding carboxylic acids is 1. The van der Waals surface area contributed by atoms with E-state index < -0.39 is 14.6 Å². The molecule has 1 saturated carbocycles. The minimum Gasteiger partial charge on any atom is -0.353 e. The van der Waals surface area contributed by atoms with Crippen LogP contribution < -0.4 is 5.32 Å². The molecule has 1 atom stereocenters. The van der Waals surface area contributed by atoms with E-state index in [-0.39, 0.29) is 10.8 Å². The Morgan fingerprint density at radius 3 is 2.56 bits per heavy atom. The fourth-order valence-electron chi connectivity index (χ4n) is 3.53. The van der Waals surface area contributed by atoms with Crippen LogP contribution >= 0.6 is 11.6 Å². The number of hydrogen-bond acceptors (Lipinski definition) is 4. The molecule has 25 heavy (non-hydrogen) atoms. The molecule has 1 aromatic rings. The third-order valence-corrected chi connectivity index (χ3v) is 8.15. The third-order valence-electron chi connectivity index (χ3n) is 5.38. The molecule has 1 aromatic carbocycles. The van der Waals surface area contributed by atoms with Crippen LogP contribution in [0.15, 0.2) is 29.2 Å². The van der Waals surface area contributed by atoms with Gasteiger partial charge in [-0.25, -0.2) is 8.42 Å². The van der Waals surface area contributed by atoms with E-state index >= 15 is 0 Å². The van der Waals surface area contributed by atoms with Crippen LogP contribution in [-0.2, 0) is 14.6 Å². The van der Waals surface area contributed by atoms with E-state index in [0.29, 0.717) is 30.5 Å². The number of rotatable bonds is 6. The molecule has 7 heteroatoms. The molecule has 1 amide bonds. The van der Waals surface area contributed by atoms with Crippen LogP contribution in [0.2, 0.25) is 5.02 Å². The van der Waals surface area contributed by atoms with E-state index in [2.05, 4.69) is 17.1 Å². The van der Waals surface area contributed by atoms with Crippen LogP contribution in [0.3, 0.4) is 0 Å². The van der Waals surface area contributed by atoms with Crippen molar-refractivity contribution in [1.29, 1.82) is 0 Å². The first-order valence-corrected chi connectivity index (χ1v) is 10.8. The average Bonchev–Trinajstić information content (AvgIpc) is 3.39. The Morgan fingerprint density at radius 2 is 1.96 bits per heavy atom. The van der Waals surface area contributed by atoms with Crippen molar-refractivity contribution in [2.75, 3.05) is 19.6 Å². The monoisotopic (exact) mass is 384 g/mol. The summed E-state index contributed by atoms with van der Waals surface area (Å²) in [7, 11) is -3.69. The van der Waals surface area contributed by atoms with Crippen LogP contribution in [0, 0.1) is 0 Å². The summed E-state index contributed by atoms with van der Waals surface area (Å²) < 4.78 is 24.4. The number of likely N-dealkylation sites (tertiary alicyclic amines) is 1. The van der Waals surface area contributed by atoms with Gasteiger partial charge in [-0.1, -0.05) is 18.0 Å². The second-order valence-corrected chi connectivity index (χ2v) is 9.78. The van der Waals surface area contributed by atoms with Crippen LogP contribution in [-0.4, -0.2) is 49.6 Å². The van der Waals surface area contributed by atoms with Crippen molar-refractivity contribution in [3.05, 3.63) is 29.3 Å². The highest BCUT2D eigenvalue weighted by molar-refractivity contribution is 7.94. The van der Waals surface area contributed by atoms with Crippen molar-refractivity contribution >= 4 is 27.3 Å². The van der Waals surface area contributed by atoms with Crippen LogP contribution in [0.4, 0.5) is 0 Å². The minimum atomic E-state index is -3.69. The molecule has 1 heterocycles. The Bertz CT molecular complexity index is 729. The smallest absolute Gasteiger partial charge is 0.241 e. The molecule has 0 unspecified atom stereocenters. The van der Waals surface area contributed by atoms with Gasteiger partial charge in [-0.05, 0) is 63.4 Å². The van der Waals surface area contributed by atoms with E-state index in [0.717, 1.165) is 13.1 Å². The number of sulfone groups is 1. The van der Waals surface area contributed by atoms with Gasteiger partial charge in [0.05, 0.1) is 4.90 Å². The summed E-state index contributed by atoms with van der Waals surface area (Å²) in [6.45, 7) is 4.50. The lowest BCUT2D eigenvalue weighted by atomic mass is 10.0. The first-order valence-electron chi connectivity index (χ1n) is 8.89. The number of nitrogens with one attached hydrogen (secondary N) is 1. The first kappa shape index (κ1) is 18.7. The highest BCUT2D eigenvalue weighted by Crippen LogP contribution is 2.47. The molecule has 138 valence electrons. The molecular weight excluding hydrogens is 360 g/mol. The maximum Gasteiger partial charge on any atom is 0.241 e. The number of hydrogen-bond donors (Lipinski definition) is 1. The summed E-state index contributed by atoms with van der Waals surface area (Å²) in [6, 6.07) is 6.56. The van der Waals surface area contributed by atoms with Crippen molar-refractivity contribution in [1.82, 2.24) is 10.2 Å². The van der Waals surface area contributed by atoms with E-state index in [9.17, 15) is 13.2 Å². The van der Waals surface area contributed by atoms with E-state index in [1.807, 2.05) is 0 Å². The van der Waals surface area contributed by atoms with Gasteiger partial charge in [0.2, 0.25) is 5.91 Å². The maximum atomic E-state index is 12.9. The molecule has 1 aliphatic heterocycles. The van der Waals surface area contributed by atoms with E-state index in [1.54, 1.807) is 12.1 Å². The average molecular weight is 385 g/mol. The summed E-state index contributed by atoms with van der Waals surface area (Å²) >= 11 is 5.83. The third kappa shape index (κ3) is 3.71. The number of nitrogens with zero attached hydrogens (tertiary/aromatic N) is 1. The van der Waals surface area contributed by atoms with Crippen molar-refractivity contribution in [2.45, 2.75) is 54.7 Å². The fraction of sp³-hybridized carbons (Fsp3) is 0.611. The molecule has 2 fully saturated rings. The van der Waals surface area contributed by atoms with Crippen molar-refractivity contribution in [2.24, 2.45) is 0 Å². The van der Waals surface area contributed by atoms with Crippen LogP contribution in [0.25, 0.3) is 0 Å². The summed E-state index contributed by atoms with van der Waals surface area (Å²) in [5.41, 5.74) is 0. The highest BCUT2D eigenvalue weighted by atomic mass is 35.5. The second kappa shape index (κ2) is 7.25. The van der Waals surface area contributed by atoms with Gasteiger partial charge in [0.1, 0.15) is 0 Å². The van der Waals surface area contributed by atoms with Gasteiger partial charge in [0.25, 0.3) is 0 Å². The molecule has 1 saturated heterocycles. The highest BCUT2D eigenvalue weighted by Gasteiger charge is 2.61. The molecule has 0 aromatic heterocycles. The number of carbonyl (C=O) groups is 1. The van der Waals surface area contributed by atoms with Gasteiger partial charge in [0, 0.05) is 24.2 Å². The molecule has 3 rings (SSSR count). The SMILES string of the molecule is C[C@H]1CCCCN1CCNC(=O)C1(S(=O)(=O)c2ccc(Cl)cc2)CC1. The molecule has 2 aliphatic rings. The van der Waals surface area contributed by atoms with Crippen LogP contribution in [0.1, 0.15) is 39.0 Å². The predicted molar refractivity (Wildman–Crippen MR) is 98.5 cm³/mol. The zero-order valence-electron chi connectivity index (χ0n) is 14.5. The first-order chi connectivity index (χ1) is 11.9.